The molecular weight excluding hydrogens is 267 g/mol. The molecule has 0 aliphatic carbocycles. The summed E-state index contributed by atoms with van der Waals surface area (Å²) in [5.41, 5.74) is 0.726. The molecule has 19 heavy (non-hydrogen) atoms. The normalized spacial score (nSPS) is 18.1. The largest absolute Gasteiger partial charge is 0.349 e. The van der Waals surface area contributed by atoms with E-state index in [1.54, 1.807) is 6.07 Å². The fourth-order valence-electron chi connectivity index (χ4n) is 2.28. The first-order valence-electron chi connectivity index (χ1n) is 6.54. The number of carbonyl (C=O) groups excluding carboxylic acids is 1. The van der Waals surface area contributed by atoms with Crippen molar-refractivity contribution in [1.82, 2.24) is 10.6 Å². The molecule has 1 amide bonds. The minimum atomic E-state index is -0.456. The molecule has 1 aromatic rings. The van der Waals surface area contributed by atoms with Crippen molar-refractivity contribution < 1.29 is 9.18 Å². The molecule has 0 radical (unpaired) electrons. The highest BCUT2D eigenvalue weighted by Gasteiger charge is 2.22. The van der Waals surface area contributed by atoms with Crippen LogP contribution in [-0.2, 0) is 4.79 Å². The van der Waals surface area contributed by atoms with Crippen LogP contribution in [0.3, 0.4) is 0 Å². The molecule has 0 spiro atoms. The first-order valence-corrected chi connectivity index (χ1v) is 6.92. The van der Waals surface area contributed by atoms with Crippen LogP contribution in [0.1, 0.15) is 31.4 Å². The van der Waals surface area contributed by atoms with Crippen LogP contribution < -0.4 is 10.6 Å². The predicted molar refractivity (Wildman–Crippen MR) is 73.6 cm³/mol. The lowest BCUT2D eigenvalue weighted by Crippen LogP contribution is -2.39. The summed E-state index contributed by atoms with van der Waals surface area (Å²) in [6.07, 6.45) is 1.71. The Morgan fingerprint density at radius 2 is 2.16 bits per heavy atom. The molecule has 1 aliphatic heterocycles. The van der Waals surface area contributed by atoms with E-state index in [0.717, 1.165) is 31.5 Å². The lowest BCUT2D eigenvalue weighted by atomic mass is 9.96. The Bertz CT molecular complexity index is 461. The van der Waals surface area contributed by atoms with Gasteiger partial charge in [-0.25, -0.2) is 4.39 Å². The monoisotopic (exact) mass is 284 g/mol. The molecule has 1 aliphatic rings. The summed E-state index contributed by atoms with van der Waals surface area (Å²) in [7, 11) is 0. The first-order chi connectivity index (χ1) is 9.08. The highest BCUT2D eigenvalue weighted by atomic mass is 35.5. The topological polar surface area (TPSA) is 41.1 Å². The molecule has 1 aromatic carbocycles. The molecule has 2 rings (SSSR count). The number of rotatable bonds is 3. The van der Waals surface area contributed by atoms with E-state index in [1.165, 1.54) is 12.1 Å². The van der Waals surface area contributed by atoms with Crippen LogP contribution in [-0.4, -0.2) is 19.0 Å². The maximum absolute atomic E-state index is 13.4. The number of piperidine rings is 1. The lowest BCUT2D eigenvalue weighted by molar-refractivity contribution is -0.126. The number of amides is 1. The van der Waals surface area contributed by atoms with E-state index in [1.807, 2.05) is 6.92 Å². The van der Waals surface area contributed by atoms with Gasteiger partial charge in [-0.2, -0.15) is 0 Å². The third-order valence-electron chi connectivity index (χ3n) is 3.51. The molecule has 0 unspecified atom stereocenters. The van der Waals surface area contributed by atoms with Gasteiger partial charge in [-0.3, -0.25) is 4.79 Å². The van der Waals surface area contributed by atoms with E-state index in [2.05, 4.69) is 10.6 Å². The zero-order valence-corrected chi connectivity index (χ0v) is 11.6. The number of carbonyl (C=O) groups is 1. The molecule has 1 saturated heterocycles. The van der Waals surface area contributed by atoms with Crippen LogP contribution in [0.25, 0.3) is 0 Å². The van der Waals surface area contributed by atoms with Crippen LogP contribution in [0, 0.1) is 11.7 Å². The van der Waals surface area contributed by atoms with Crippen molar-refractivity contribution >= 4 is 17.5 Å². The Hall–Kier alpha value is -1.13. The number of nitrogens with one attached hydrogen (secondary N) is 2. The van der Waals surface area contributed by atoms with Crippen LogP contribution in [0.15, 0.2) is 18.2 Å². The third kappa shape index (κ3) is 3.67. The summed E-state index contributed by atoms with van der Waals surface area (Å²) in [6.45, 7) is 3.60. The highest BCUT2D eigenvalue weighted by molar-refractivity contribution is 6.30. The summed E-state index contributed by atoms with van der Waals surface area (Å²) in [4.78, 5) is 12.1. The van der Waals surface area contributed by atoms with E-state index in [-0.39, 0.29) is 22.9 Å². The van der Waals surface area contributed by atoms with Crippen LogP contribution in [0.5, 0.6) is 0 Å². The standard InChI is InChI=1S/C14H18ClFN2O/c1-9(11-2-3-12(15)13(16)8-11)18-14(19)10-4-6-17-7-5-10/h2-3,8-10,17H,4-7H2,1H3,(H,18,19)/t9-/m0/s1. The Kier molecular flexibility index (Phi) is 4.77. The van der Waals surface area contributed by atoms with Crippen LogP contribution >= 0.6 is 11.6 Å². The molecule has 104 valence electrons. The fraction of sp³-hybridized carbons (Fsp3) is 0.500. The Morgan fingerprint density at radius 3 is 2.79 bits per heavy atom. The predicted octanol–water partition coefficient (Wildman–Crippen LogP) is 2.66. The van der Waals surface area contributed by atoms with Gasteiger partial charge in [0.15, 0.2) is 0 Å². The van der Waals surface area contributed by atoms with E-state index in [0.29, 0.717) is 0 Å². The number of hydrogen-bond acceptors (Lipinski definition) is 2. The number of halogens is 2. The van der Waals surface area contributed by atoms with Gasteiger partial charge in [0.05, 0.1) is 11.1 Å². The Balaban J connectivity index is 1.97. The van der Waals surface area contributed by atoms with Gasteiger partial charge in [0.2, 0.25) is 5.91 Å². The van der Waals surface area contributed by atoms with Gasteiger partial charge >= 0.3 is 0 Å². The maximum atomic E-state index is 13.4. The van der Waals surface area contributed by atoms with Crippen molar-refractivity contribution in [2.45, 2.75) is 25.8 Å². The highest BCUT2D eigenvalue weighted by Crippen LogP contribution is 2.21. The SMILES string of the molecule is C[C@H](NC(=O)C1CCNCC1)c1ccc(Cl)c(F)c1. The van der Waals surface area contributed by atoms with Gasteiger partial charge in [-0.05, 0) is 50.6 Å². The van der Waals surface area contributed by atoms with Gasteiger partial charge in [0, 0.05) is 5.92 Å². The quantitative estimate of drug-likeness (QED) is 0.896. The minimum absolute atomic E-state index is 0.0457. The number of benzene rings is 1. The van der Waals surface area contributed by atoms with E-state index >= 15 is 0 Å². The summed E-state index contributed by atoms with van der Waals surface area (Å²) in [6, 6.07) is 4.41. The van der Waals surface area contributed by atoms with E-state index in [9.17, 15) is 9.18 Å². The Morgan fingerprint density at radius 1 is 1.47 bits per heavy atom. The van der Waals surface area contributed by atoms with Crippen molar-refractivity contribution in [3.8, 4) is 0 Å². The summed E-state index contributed by atoms with van der Waals surface area (Å²) >= 11 is 5.64. The lowest BCUT2D eigenvalue weighted by Gasteiger charge is -2.24. The summed E-state index contributed by atoms with van der Waals surface area (Å²) < 4.78 is 13.4. The molecule has 2 N–H and O–H groups in total. The summed E-state index contributed by atoms with van der Waals surface area (Å²) in [5, 5.41) is 6.26. The van der Waals surface area contributed by atoms with Crippen molar-refractivity contribution in [3.05, 3.63) is 34.6 Å². The zero-order valence-electron chi connectivity index (χ0n) is 10.9. The molecule has 5 heteroatoms. The molecule has 0 bridgehead atoms. The van der Waals surface area contributed by atoms with Crippen molar-refractivity contribution in [1.29, 1.82) is 0 Å². The Labute approximate surface area is 117 Å². The minimum Gasteiger partial charge on any atom is -0.349 e. The molecule has 1 fully saturated rings. The fourth-order valence-corrected chi connectivity index (χ4v) is 2.40. The van der Waals surface area contributed by atoms with Gasteiger partial charge in [-0.15, -0.1) is 0 Å². The maximum Gasteiger partial charge on any atom is 0.223 e. The average Bonchev–Trinajstić information content (AvgIpc) is 2.42. The second kappa shape index (κ2) is 6.35. The molecule has 0 saturated carbocycles. The molecule has 0 aromatic heterocycles. The third-order valence-corrected chi connectivity index (χ3v) is 3.82. The van der Waals surface area contributed by atoms with Gasteiger partial charge in [-0.1, -0.05) is 17.7 Å². The van der Waals surface area contributed by atoms with Gasteiger partial charge < -0.3 is 10.6 Å². The second-order valence-electron chi connectivity index (χ2n) is 4.93. The van der Waals surface area contributed by atoms with Crippen LogP contribution in [0.2, 0.25) is 5.02 Å². The van der Waals surface area contributed by atoms with Gasteiger partial charge in [0.1, 0.15) is 5.82 Å². The summed E-state index contributed by atoms with van der Waals surface area (Å²) in [5.74, 6) is -0.354. The average molecular weight is 285 g/mol. The molecular formula is C14H18ClFN2O. The zero-order chi connectivity index (χ0) is 13.8. The van der Waals surface area contributed by atoms with Crippen molar-refractivity contribution in [2.24, 2.45) is 5.92 Å². The first kappa shape index (κ1) is 14.3. The molecule has 3 nitrogen and oxygen atoms in total. The van der Waals surface area contributed by atoms with Gasteiger partial charge in [0.25, 0.3) is 0 Å². The van der Waals surface area contributed by atoms with Crippen LogP contribution in [0.4, 0.5) is 4.39 Å². The van der Waals surface area contributed by atoms with E-state index < -0.39 is 5.82 Å². The van der Waals surface area contributed by atoms with Crippen molar-refractivity contribution in [2.75, 3.05) is 13.1 Å². The van der Waals surface area contributed by atoms with E-state index in [4.69, 9.17) is 11.6 Å². The second-order valence-corrected chi connectivity index (χ2v) is 5.34. The molecule has 1 heterocycles. The smallest absolute Gasteiger partial charge is 0.223 e. The number of hydrogen-bond donors (Lipinski definition) is 2. The van der Waals surface area contributed by atoms with Crippen molar-refractivity contribution in [3.63, 3.8) is 0 Å². The molecule has 1 atom stereocenters.